The van der Waals surface area contributed by atoms with Crippen LogP contribution < -0.4 is 0 Å². The predicted molar refractivity (Wildman–Crippen MR) is 116 cm³/mol. The van der Waals surface area contributed by atoms with Crippen molar-refractivity contribution in [1.82, 2.24) is 24.0 Å². The second kappa shape index (κ2) is 8.44. The molecule has 1 amide bonds. The molecule has 0 N–H and O–H groups in total. The van der Waals surface area contributed by atoms with Crippen molar-refractivity contribution < 1.29 is 9.53 Å². The van der Waals surface area contributed by atoms with Gasteiger partial charge in [0.05, 0.1) is 18.2 Å². The van der Waals surface area contributed by atoms with Crippen molar-refractivity contribution >= 4 is 5.91 Å². The van der Waals surface area contributed by atoms with E-state index in [1.54, 1.807) is 19.5 Å². The summed E-state index contributed by atoms with van der Waals surface area (Å²) in [6.07, 6.45) is 6.40. The molecule has 0 bridgehead atoms. The third-order valence-corrected chi connectivity index (χ3v) is 6.06. The highest BCUT2D eigenvalue weighted by molar-refractivity contribution is 5.96. The van der Waals surface area contributed by atoms with Gasteiger partial charge < -0.3 is 18.8 Å². The first-order valence-corrected chi connectivity index (χ1v) is 10.4. The molecule has 0 aromatic carbocycles. The van der Waals surface area contributed by atoms with Gasteiger partial charge in [0.25, 0.3) is 5.91 Å². The van der Waals surface area contributed by atoms with Gasteiger partial charge in [-0.15, -0.1) is 0 Å². The largest absolute Gasteiger partial charge is 0.383 e. The van der Waals surface area contributed by atoms with Crippen LogP contribution in [-0.4, -0.2) is 56.7 Å². The summed E-state index contributed by atoms with van der Waals surface area (Å²) in [5.41, 5.74) is 5.05. The van der Waals surface area contributed by atoms with E-state index in [-0.39, 0.29) is 11.9 Å². The van der Waals surface area contributed by atoms with E-state index in [1.807, 2.05) is 43.1 Å². The van der Waals surface area contributed by atoms with Crippen LogP contribution in [0.15, 0.2) is 36.8 Å². The number of likely N-dealkylation sites (tertiary alicyclic amines) is 1. The number of rotatable bonds is 6. The van der Waals surface area contributed by atoms with Gasteiger partial charge in [0.15, 0.2) is 0 Å². The molecule has 3 aromatic rings. The highest BCUT2D eigenvalue weighted by atomic mass is 16.5. The first-order chi connectivity index (χ1) is 14.5. The number of aromatic nitrogens is 4. The van der Waals surface area contributed by atoms with Gasteiger partial charge in [-0.1, -0.05) is 0 Å². The Bertz CT molecular complexity index is 1040. The van der Waals surface area contributed by atoms with E-state index in [4.69, 9.17) is 4.74 Å². The normalized spacial score (nSPS) is 16.4. The molecule has 4 rings (SSSR count). The Morgan fingerprint density at radius 1 is 1.20 bits per heavy atom. The van der Waals surface area contributed by atoms with E-state index in [0.29, 0.717) is 13.2 Å². The summed E-state index contributed by atoms with van der Waals surface area (Å²) in [5.74, 6) is 1.05. The zero-order valence-electron chi connectivity index (χ0n) is 18.1. The molecule has 1 atom stereocenters. The number of amides is 1. The van der Waals surface area contributed by atoms with E-state index >= 15 is 0 Å². The molecule has 1 aliphatic rings. The Hall–Kier alpha value is -2.93. The second-order valence-corrected chi connectivity index (χ2v) is 7.95. The van der Waals surface area contributed by atoms with Gasteiger partial charge in [-0.05, 0) is 45.4 Å². The Morgan fingerprint density at radius 2 is 1.97 bits per heavy atom. The molecular weight excluding hydrogens is 378 g/mol. The lowest BCUT2D eigenvalue weighted by Gasteiger charge is -2.20. The summed E-state index contributed by atoms with van der Waals surface area (Å²) in [6.45, 7) is 8.97. The number of carbonyl (C=O) groups excluding carboxylic acids is 1. The molecule has 7 nitrogen and oxygen atoms in total. The molecule has 30 heavy (non-hydrogen) atoms. The molecular formula is C23H29N5O2. The molecule has 0 radical (unpaired) electrons. The molecule has 1 saturated heterocycles. The molecule has 7 heteroatoms. The molecule has 1 aliphatic heterocycles. The minimum atomic E-state index is 0.109. The third-order valence-electron chi connectivity index (χ3n) is 6.06. The average Bonchev–Trinajstić information content (AvgIpc) is 3.45. The van der Waals surface area contributed by atoms with Crippen molar-refractivity contribution in [2.45, 2.75) is 39.8 Å². The van der Waals surface area contributed by atoms with Gasteiger partial charge in [0.1, 0.15) is 5.82 Å². The zero-order chi connectivity index (χ0) is 21.3. The number of ether oxygens (including phenoxy) is 1. The zero-order valence-corrected chi connectivity index (χ0v) is 18.1. The smallest absolute Gasteiger partial charge is 0.255 e. The third kappa shape index (κ3) is 3.65. The highest BCUT2D eigenvalue weighted by Crippen LogP contribution is 2.30. The van der Waals surface area contributed by atoms with Crippen molar-refractivity contribution in [2.24, 2.45) is 0 Å². The fourth-order valence-electron chi connectivity index (χ4n) is 4.47. The van der Waals surface area contributed by atoms with Crippen LogP contribution in [0.3, 0.4) is 0 Å². The number of hydrogen-bond donors (Lipinski definition) is 0. The van der Waals surface area contributed by atoms with Crippen molar-refractivity contribution in [3.05, 3.63) is 59.4 Å². The van der Waals surface area contributed by atoms with Crippen LogP contribution in [0, 0.1) is 20.8 Å². The lowest BCUT2D eigenvalue weighted by Crippen LogP contribution is -2.29. The van der Waals surface area contributed by atoms with E-state index in [0.717, 1.165) is 53.5 Å². The molecule has 4 heterocycles. The maximum atomic E-state index is 13.3. The van der Waals surface area contributed by atoms with Crippen molar-refractivity contribution in [2.75, 3.05) is 26.8 Å². The SMILES string of the molecule is COCCn1c(C)cc(C(=O)N2CCC(n3c(C)cnc3-c3ccncc3)C2)c1C. The van der Waals surface area contributed by atoms with Crippen LogP contribution in [0.2, 0.25) is 0 Å². The van der Waals surface area contributed by atoms with Gasteiger partial charge in [0.2, 0.25) is 0 Å². The van der Waals surface area contributed by atoms with Crippen LogP contribution in [-0.2, 0) is 11.3 Å². The molecule has 1 unspecified atom stereocenters. The number of aryl methyl sites for hydroxylation is 2. The lowest BCUT2D eigenvalue weighted by atomic mass is 10.2. The van der Waals surface area contributed by atoms with Crippen LogP contribution in [0.5, 0.6) is 0 Å². The molecule has 1 fully saturated rings. The van der Waals surface area contributed by atoms with E-state index < -0.39 is 0 Å². The summed E-state index contributed by atoms with van der Waals surface area (Å²) in [5, 5.41) is 0. The fourth-order valence-corrected chi connectivity index (χ4v) is 4.47. The van der Waals surface area contributed by atoms with Crippen molar-refractivity contribution in [3.8, 4) is 11.4 Å². The van der Waals surface area contributed by atoms with Gasteiger partial charge >= 0.3 is 0 Å². The lowest BCUT2D eigenvalue weighted by molar-refractivity contribution is 0.0786. The summed E-state index contributed by atoms with van der Waals surface area (Å²) < 4.78 is 9.64. The van der Waals surface area contributed by atoms with Gasteiger partial charge in [-0.2, -0.15) is 0 Å². The Labute approximate surface area is 177 Å². The van der Waals surface area contributed by atoms with Gasteiger partial charge in [-0.3, -0.25) is 9.78 Å². The van der Waals surface area contributed by atoms with E-state index in [1.165, 1.54) is 0 Å². The monoisotopic (exact) mass is 407 g/mol. The quantitative estimate of drug-likeness (QED) is 0.628. The average molecular weight is 408 g/mol. The fraction of sp³-hybridized carbons (Fsp3) is 0.435. The summed E-state index contributed by atoms with van der Waals surface area (Å²) >= 11 is 0. The topological polar surface area (TPSA) is 65.2 Å². The molecule has 0 saturated carbocycles. The standard InChI is InChI=1S/C23H29N5O2/c1-16-13-21(18(3)27(16)11-12-30-4)23(29)26-10-7-20(15-26)28-17(2)14-25-22(28)19-5-8-24-9-6-19/h5-6,8-9,13-14,20H,7,10-12,15H2,1-4H3. The Balaban J connectivity index is 1.55. The highest BCUT2D eigenvalue weighted by Gasteiger charge is 2.31. The van der Waals surface area contributed by atoms with E-state index in [9.17, 15) is 4.79 Å². The van der Waals surface area contributed by atoms with Crippen molar-refractivity contribution in [3.63, 3.8) is 0 Å². The number of methoxy groups -OCH3 is 1. The van der Waals surface area contributed by atoms with E-state index in [2.05, 4.69) is 26.0 Å². The Kier molecular flexibility index (Phi) is 5.72. The number of pyridine rings is 1. The number of hydrogen-bond acceptors (Lipinski definition) is 4. The van der Waals surface area contributed by atoms with Crippen LogP contribution in [0.25, 0.3) is 11.4 Å². The molecule has 0 spiro atoms. The predicted octanol–water partition coefficient (Wildman–Crippen LogP) is 3.41. The summed E-state index contributed by atoms with van der Waals surface area (Å²) in [7, 11) is 1.70. The number of nitrogens with zero attached hydrogens (tertiary/aromatic N) is 5. The maximum absolute atomic E-state index is 13.3. The summed E-state index contributed by atoms with van der Waals surface area (Å²) in [6, 6.07) is 6.18. The first kappa shape index (κ1) is 20.3. The molecule has 158 valence electrons. The van der Waals surface area contributed by atoms with Gasteiger partial charge in [0, 0.05) is 68.0 Å². The second-order valence-electron chi connectivity index (χ2n) is 7.95. The summed E-state index contributed by atoms with van der Waals surface area (Å²) in [4.78, 5) is 24.0. The first-order valence-electron chi connectivity index (χ1n) is 10.4. The van der Waals surface area contributed by atoms with Gasteiger partial charge in [-0.25, -0.2) is 4.98 Å². The molecule has 0 aliphatic carbocycles. The van der Waals surface area contributed by atoms with Crippen molar-refractivity contribution in [1.29, 1.82) is 0 Å². The van der Waals surface area contributed by atoms with Crippen LogP contribution >= 0.6 is 0 Å². The number of carbonyl (C=O) groups is 1. The van der Waals surface area contributed by atoms with Crippen LogP contribution in [0.1, 0.15) is 39.9 Å². The Morgan fingerprint density at radius 3 is 2.70 bits per heavy atom. The minimum Gasteiger partial charge on any atom is -0.383 e. The molecule has 3 aromatic heterocycles. The van der Waals surface area contributed by atoms with Crippen LogP contribution in [0.4, 0.5) is 0 Å². The minimum absolute atomic E-state index is 0.109. The number of imidazole rings is 1. The maximum Gasteiger partial charge on any atom is 0.255 e.